The van der Waals surface area contributed by atoms with Crippen LogP contribution in [0, 0.1) is 5.92 Å². The summed E-state index contributed by atoms with van der Waals surface area (Å²) in [5.41, 5.74) is 8.67. The van der Waals surface area contributed by atoms with Gasteiger partial charge in [-0.25, -0.2) is 4.98 Å². The van der Waals surface area contributed by atoms with Crippen molar-refractivity contribution in [2.24, 2.45) is 11.7 Å². The Kier molecular flexibility index (Phi) is 6.13. The van der Waals surface area contributed by atoms with Crippen molar-refractivity contribution in [3.05, 3.63) is 16.9 Å². The highest BCUT2D eigenvalue weighted by atomic mass is 79.9. The summed E-state index contributed by atoms with van der Waals surface area (Å²) in [4.78, 5) is 24.8. The van der Waals surface area contributed by atoms with Gasteiger partial charge in [-0.15, -0.1) is 0 Å². The van der Waals surface area contributed by atoms with Crippen LogP contribution in [-0.2, 0) is 4.79 Å². The molecular formula is C21H30BrN5O2. The Morgan fingerprint density at radius 2 is 2.28 bits per heavy atom. The molecule has 1 saturated heterocycles. The molecule has 0 radical (unpaired) electrons. The number of piperidine rings is 1. The van der Waals surface area contributed by atoms with Crippen molar-refractivity contribution < 1.29 is 9.90 Å². The third kappa shape index (κ3) is 4.15. The number of aliphatic hydroxyl groups excluding tert-OH is 1. The van der Waals surface area contributed by atoms with Crippen molar-refractivity contribution >= 4 is 44.2 Å². The Hall–Kier alpha value is -1.64. The highest BCUT2D eigenvalue weighted by Gasteiger charge is 2.38. The van der Waals surface area contributed by atoms with Gasteiger partial charge in [-0.3, -0.25) is 9.69 Å². The number of carbonyl (C=O) groups is 1. The molecule has 3 heterocycles. The van der Waals surface area contributed by atoms with E-state index in [1.165, 1.54) is 0 Å². The van der Waals surface area contributed by atoms with Gasteiger partial charge in [0.1, 0.15) is 11.9 Å². The van der Waals surface area contributed by atoms with Gasteiger partial charge in [0.15, 0.2) is 0 Å². The number of anilines is 2. The number of carbonyl (C=O) groups excluding carboxylic acids is 1. The van der Waals surface area contributed by atoms with Gasteiger partial charge in [-0.05, 0) is 54.5 Å². The lowest BCUT2D eigenvalue weighted by Crippen LogP contribution is -2.43. The Bertz CT molecular complexity index is 881. The molecule has 2 aromatic rings. The minimum absolute atomic E-state index is 0.00998. The average molecular weight is 464 g/mol. The zero-order chi connectivity index (χ0) is 20.5. The van der Waals surface area contributed by atoms with Crippen molar-refractivity contribution in [3.63, 3.8) is 0 Å². The number of pyridine rings is 1. The summed E-state index contributed by atoms with van der Waals surface area (Å²) in [6.45, 7) is 3.76. The van der Waals surface area contributed by atoms with Crippen LogP contribution in [0.1, 0.15) is 51.9 Å². The lowest BCUT2D eigenvalue weighted by Gasteiger charge is -2.34. The molecule has 4 rings (SSSR count). The van der Waals surface area contributed by atoms with Crippen LogP contribution in [0.2, 0.25) is 0 Å². The number of nitrogens with one attached hydrogen (secondary N) is 1. The van der Waals surface area contributed by atoms with Crippen LogP contribution < -0.4 is 15.5 Å². The number of amides is 1. The van der Waals surface area contributed by atoms with Gasteiger partial charge in [0.2, 0.25) is 5.91 Å². The number of hydrogen-bond donors (Lipinski definition) is 3. The highest BCUT2D eigenvalue weighted by Crippen LogP contribution is 2.42. The van der Waals surface area contributed by atoms with Gasteiger partial charge in [0.05, 0.1) is 21.2 Å². The molecule has 1 amide bonds. The fourth-order valence-electron chi connectivity index (χ4n) is 4.22. The van der Waals surface area contributed by atoms with Crippen molar-refractivity contribution in [2.45, 2.75) is 64.1 Å². The second-order valence-electron chi connectivity index (χ2n) is 8.31. The van der Waals surface area contributed by atoms with Gasteiger partial charge >= 0.3 is 0 Å². The predicted molar refractivity (Wildman–Crippen MR) is 119 cm³/mol. The largest absolute Gasteiger partial charge is 0.373 e. The minimum atomic E-state index is -0.836. The number of aromatic amines is 1. The molecule has 2 aromatic heterocycles. The summed E-state index contributed by atoms with van der Waals surface area (Å²) in [6.07, 6.45) is 9.01. The number of nitrogens with two attached hydrogens (primary N) is 1. The molecule has 1 aliphatic carbocycles. The lowest BCUT2D eigenvalue weighted by molar-refractivity contribution is -0.121. The smallest absolute Gasteiger partial charge is 0.232 e. The number of H-pyrrole nitrogens is 1. The summed E-state index contributed by atoms with van der Waals surface area (Å²) in [7, 11) is 0. The molecule has 158 valence electrons. The quantitative estimate of drug-likeness (QED) is 0.545. The second kappa shape index (κ2) is 8.62. The Balaban J connectivity index is 1.80. The molecule has 1 saturated carbocycles. The van der Waals surface area contributed by atoms with Crippen LogP contribution in [0.4, 0.5) is 11.4 Å². The first-order valence-corrected chi connectivity index (χ1v) is 11.5. The van der Waals surface area contributed by atoms with Crippen LogP contribution in [0.5, 0.6) is 0 Å². The van der Waals surface area contributed by atoms with Gasteiger partial charge in [0.25, 0.3) is 0 Å². The number of halogens is 1. The Labute approximate surface area is 179 Å². The predicted octanol–water partition coefficient (Wildman–Crippen LogP) is 3.50. The number of aromatic nitrogens is 2. The second-order valence-corrected chi connectivity index (χ2v) is 9.16. The number of nitrogens with zero attached hydrogens (tertiary/aromatic N) is 3. The third-order valence-electron chi connectivity index (χ3n) is 5.92. The number of aliphatic hydroxyl groups is 1. The molecule has 0 spiro atoms. The summed E-state index contributed by atoms with van der Waals surface area (Å²) < 4.78 is 0.877. The van der Waals surface area contributed by atoms with Crippen molar-refractivity contribution in [1.29, 1.82) is 0 Å². The van der Waals surface area contributed by atoms with Crippen LogP contribution in [0.15, 0.2) is 16.9 Å². The molecule has 1 aliphatic heterocycles. The SMILES string of the molecule is CCCC[C@@H](O)N(C(=O)C1CC1)c1c[nH]c2ncc(Br)c(N3CCCC(N)C3)c12. The van der Waals surface area contributed by atoms with E-state index in [0.717, 1.165) is 67.2 Å². The average Bonchev–Trinajstić information content (AvgIpc) is 3.48. The first kappa shape index (κ1) is 20.6. The molecule has 2 fully saturated rings. The summed E-state index contributed by atoms with van der Waals surface area (Å²) in [5.74, 6) is 0.0268. The maximum absolute atomic E-state index is 13.2. The molecular weight excluding hydrogens is 434 g/mol. The molecule has 2 atom stereocenters. The highest BCUT2D eigenvalue weighted by molar-refractivity contribution is 9.10. The maximum atomic E-state index is 13.2. The number of fused-ring (bicyclic) bond motifs is 1. The van der Waals surface area contributed by atoms with E-state index in [9.17, 15) is 9.90 Å². The zero-order valence-electron chi connectivity index (χ0n) is 16.9. The fraction of sp³-hybridized carbons (Fsp3) is 0.619. The van der Waals surface area contributed by atoms with E-state index >= 15 is 0 Å². The first-order valence-electron chi connectivity index (χ1n) is 10.7. The van der Waals surface area contributed by atoms with Crippen molar-refractivity contribution in [1.82, 2.24) is 9.97 Å². The molecule has 2 aliphatic rings. The molecule has 0 aromatic carbocycles. The molecule has 0 bridgehead atoms. The lowest BCUT2D eigenvalue weighted by atomic mass is 10.0. The van der Waals surface area contributed by atoms with E-state index in [-0.39, 0.29) is 17.9 Å². The van der Waals surface area contributed by atoms with E-state index in [0.29, 0.717) is 17.8 Å². The summed E-state index contributed by atoms with van der Waals surface area (Å²) >= 11 is 3.67. The number of rotatable bonds is 7. The standard InChI is InChI=1S/C21H30BrN5O2/c1-2-3-6-17(28)27(21(29)13-7-8-13)16-11-25-20-18(16)19(15(22)10-24-20)26-9-4-5-14(23)12-26/h10-11,13-14,17,28H,2-9,12,23H2,1H3,(H,24,25)/t14?,17-/m1/s1. The molecule has 1 unspecified atom stereocenters. The van der Waals surface area contributed by atoms with Gasteiger partial charge < -0.3 is 20.7 Å². The van der Waals surface area contributed by atoms with E-state index in [1.807, 2.05) is 6.20 Å². The van der Waals surface area contributed by atoms with Crippen LogP contribution in [0.3, 0.4) is 0 Å². The van der Waals surface area contributed by atoms with Gasteiger partial charge in [-0.1, -0.05) is 13.3 Å². The van der Waals surface area contributed by atoms with E-state index in [4.69, 9.17) is 5.73 Å². The molecule has 4 N–H and O–H groups in total. The molecule has 8 heteroatoms. The Morgan fingerprint density at radius 3 is 2.97 bits per heavy atom. The minimum Gasteiger partial charge on any atom is -0.373 e. The van der Waals surface area contributed by atoms with Crippen LogP contribution >= 0.6 is 15.9 Å². The molecule has 7 nitrogen and oxygen atoms in total. The topological polar surface area (TPSA) is 98.5 Å². The maximum Gasteiger partial charge on any atom is 0.232 e. The van der Waals surface area contributed by atoms with Gasteiger partial charge in [-0.2, -0.15) is 0 Å². The van der Waals surface area contributed by atoms with Crippen molar-refractivity contribution in [2.75, 3.05) is 22.9 Å². The van der Waals surface area contributed by atoms with E-state index in [1.54, 1.807) is 11.1 Å². The third-order valence-corrected chi connectivity index (χ3v) is 6.50. The summed E-state index contributed by atoms with van der Waals surface area (Å²) in [5, 5.41) is 11.8. The van der Waals surface area contributed by atoms with Crippen LogP contribution in [-0.4, -0.2) is 46.3 Å². The molecule has 29 heavy (non-hydrogen) atoms. The zero-order valence-corrected chi connectivity index (χ0v) is 18.5. The van der Waals surface area contributed by atoms with E-state index in [2.05, 4.69) is 37.7 Å². The number of hydrogen-bond acceptors (Lipinski definition) is 5. The van der Waals surface area contributed by atoms with Crippen LogP contribution in [0.25, 0.3) is 11.0 Å². The van der Waals surface area contributed by atoms with Crippen molar-refractivity contribution in [3.8, 4) is 0 Å². The summed E-state index contributed by atoms with van der Waals surface area (Å²) in [6, 6.07) is 0.126. The monoisotopic (exact) mass is 463 g/mol. The normalized spacial score (nSPS) is 20.8. The number of unbranched alkanes of at least 4 members (excludes halogenated alkanes) is 1. The van der Waals surface area contributed by atoms with Gasteiger partial charge in [0, 0.05) is 37.4 Å². The van der Waals surface area contributed by atoms with E-state index < -0.39 is 6.23 Å². The Morgan fingerprint density at radius 1 is 1.48 bits per heavy atom. The first-order chi connectivity index (χ1) is 14.0. The fourth-order valence-corrected chi connectivity index (χ4v) is 4.77.